The van der Waals surface area contributed by atoms with Crippen LogP contribution in [0.25, 0.3) is 0 Å². The van der Waals surface area contributed by atoms with Crippen molar-refractivity contribution in [2.45, 2.75) is 45.4 Å². The monoisotopic (exact) mass is 286 g/mol. The molecule has 1 aromatic carbocycles. The normalized spacial score (nSPS) is 14.7. The van der Waals surface area contributed by atoms with Crippen LogP contribution in [0, 0.1) is 0 Å². The second-order valence-electron chi connectivity index (χ2n) is 5.34. The number of ketones is 1. The molecule has 0 spiro atoms. The van der Waals surface area contributed by atoms with Crippen LogP contribution in [0.15, 0.2) is 35.4 Å². The zero-order valence-corrected chi connectivity index (χ0v) is 12.5. The fraction of sp³-hybridized carbons (Fsp3) is 0.471. The molecular weight excluding hydrogens is 264 g/mol. The molecule has 21 heavy (non-hydrogen) atoms. The summed E-state index contributed by atoms with van der Waals surface area (Å²) in [7, 11) is 0. The molecule has 0 unspecified atom stereocenters. The lowest BCUT2D eigenvalue weighted by Crippen LogP contribution is -2.28. The lowest BCUT2D eigenvalue weighted by atomic mass is 10.1. The van der Waals surface area contributed by atoms with Gasteiger partial charge in [0.15, 0.2) is 0 Å². The van der Waals surface area contributed by atoms with Crippen molar-refractivity contribution in [2.75, 3.05) is 6.54 Å². The SMILES string of the molecule is CCCCCCCCN1N=C(c2ccccc2)C(=O)C1=O. The van der Waals surface area contributed by atoms with Gasteiger partial charge in [-0.3, -0.25) is 9.59 Å². The summed E-state index contributed by atoms with van der Waals surface area (Å²) < 4.78 is 0. The summed E-state index contributed by atoms with van der Waals surface area (Å²) in [6, 6.07) is 9.16. The summed E-state index contributed by atoms with van der Waals surface area (Å²) in [5.74, 6) is -0.991. The molecule has 1 heterocycles. The second kappa shape index (κ2) is 7.72. The summed E-state index contributed by atoms with van der Waals surface area (Å²) in [6.07, 6.45) is 6.88. The average Bonchev–Trinajstić information content (AvgIpc) is 2.80. The zero-order valence-electron chi connectivity index (χ0n) is 12.5. The second-order valence-corrected chi connectivity index (χ2v) is 5.34. The molecule has 0 radical (unpaired) electrons. The van der Waals surface area contributed by atoms with Crippen molar-refractivity contribution in [1.29, 1.82) is 0 Å². The average molecular weight is 286 g/mol. The fourth-order valence-corrected chi connectivity index (χ4v) is 2.41. The molecule has 0 fully saturated rings. The molecule has 0 saturated carbocycles. The van der Waals surface area contributed by atoms with Crippen molar-refractivity contribution in [3.8, 4) is 0 Å². The van der Waals surface area contributed by atoms with Crippen LogP contribution in [-0.2, 0) is 9.59 Å². The van der Waals surface area contributed by atoms with Gasteiger partial charge in [0.1, 0.15) is 5.71 Å². The molecular formula is C17H22N2O2. The number of hydrogen-bond acceptors (Lipinski definition) is 3. The highest BCUT2D eigenvalue weighted by molar-refractivity contribution is 6.69. The van der Waals surface area contributed by atoms with Crippen molar-refractivity contribution in [1.82, 2.24) is 5.01 Å². The summed E-state index contributed by atoms with van der Waals surface area (Å²) in [5, 5.41) is 5.53. The predicted octanol–water partition coefficient (Wildman–Crippen LogP) is 3.16. The van der Waals surface area contributed by atoms with Crippen molar-refractivity contribution >= 4 is 17.4 Å². The van der Waals surface area contributed by atoms with Crippen molar-refractivity contribution < 1.29 is 9.59 Å². The third-order valence-corrected chi connectivity index (χ3v) is 3.64. The Labute approximate surface area is 125 Å². The van der Waals surface area contributed by atoms with Crippen LogP contribution in [0.1, 0.15) is 51.0 Å². The highest BCUT2D eigenvalue weighted by atomic mass is 16.2. The Morgan fingerprint density at radius 1 is 0.952 bits per heavy atom. The number of carbonyl (C=O) groups is 2. The van der Waals surface area contributed by atoms with Gasteiger partial charge >= 0.3 is 5.91 Å². The number of Topliss-reactive ketones (excluding diaryl/α,β-unsaturated/α-hetero) is 1. The maximum Gasteiger partial charge on any atom is 0.316 e. The minimum atomic E-state index is -0.498. The lowest BCUT2D eigenvalue weighted by Gasteiger charge is -2.09. The van der Waals surface area contributed by atoms with Crippen molar-refractivity contribution in [2.24, 2.45) is 5.10 Å². The number of rotatable bonds is 8. The number of carbonyl (C=O) groups excluding carboxylic acids is 2. The molecule has 0 aliphatic carbocycles. The maximum atomic E-state index is 12.0. The van der Waals surface area contributed by atoms with Gasteiger partial charge in [0.2, 0.25) is 0 Å². The van der Waals surface area contributed by atoms with Gasteiger partial charge in [-0.2, -0.15) is 5.10 Å². The molecule has 2 rings (SSSR count). The third kappa shape index (κ3) is 4.00. The molecule has 0 saturated heterocycles. The standard InChI is InChI=1S/C17H22N2O2/c1-2-3-4-5-6-10-13-19-17(21)16(20)15(18-19)14-11-8-7-9-12-14/h7-9,11-12H,2-6,10,13H2,1H3. The first-order valence-corrected chi connectivity index (χ1v) is 7.74. The van der Waals surface area contributed by atoms with Crippen molar-refractivity contribution in [3.05, 3.63) is 35.9 Å². The van der Waals surface area contributed by atoms with Gasteiger partial charge in [-0.25, -0.2) is 5.01 Å². The zero-order chi connectivity index (χ0) is 15.1. The number of amides is 1. The Bertz CT molecular complexity index is 523. The van der Waals surface area contributed by atoms with Crippen LogP contribution in [0.4, 0.5) is 0 Å². The van der Waals surface area contributed by atoms with E-state index in [1.807, 2.05) is 18.2 Å². The number of nitrogens with zero attached hydrogens (tertiary/aromatic N) is 2. The minimum absolute atomic E-state index is 0.270. The van der Waals surface area contributed by atoms with Gasteiger partial charge in [0.25, 0.3) is 5.78 Å². The van der Waals surface area contributed by atoms with E-state index in [1.165, 1.54) is 30.7 Å². The Kier molecular flexibility index (Phi) is 5.67. The van der Waals surface area contributed by atoms with Gasteiger partial charge in [-0.05, 0) is 6.42 Å². The molecule has 1 aromatic rings. The summed E-state index contributed by atoms with van der Waals surface area (Å²) in [4.78, 5) is 23.9. The highest BCUT2D eigenvalue weighted by Gasteiger charge is 2.34. The third-order valence-electron chi connectivity index (χ3n) is 3.64. The summed E-state index contributed by atoms with van der Waals surface area (Å²) >= 11 is 0. The van der Waals surface area contributed by atoms with Gasteiger partial charge < -0.3 is 0 Å². The quantitative estimate of drug-likeness (QED) is 0.544. The van der Waals surface area contributed by atoms with Crippen LogP contribution in [0.5, 0.6) is 0 Å². The van der Waals surface area contributed by atoms with Crippen LogP contribution in [-0.4, -0.2) is 29.0 Å². The summed E-state index contributed by atoms with van der Waals surface area (Å²) in [5.41, 5.74) is 0.980. The predicted molar refractivity (Wildman–Crippen MR) is 83.1 cm³/mol. The maximum absolute atomic E-state index is 12.0. The van der Waals surface area contributed by atoms with Gasteiger partial charge in [0, 0.05) is 12.1 Å². The molecule has 1 aliphatic heterocycles. The smallest absolute Gasteiger partial charge is 0.281 e. The largest absolute Gasteiger partial charge is 0.316 e. The van der Waals surface area contributed by atoms with E-state index in [2.05, 4.69) is 12.0 Å². The molecule has 4 nitrogen and oxygen atoms in total. The lowest BCUT2D eigenvalue weighted by molar-refractivity contribution is -0.139. The Morgan fingerprint density at radius 2 is 1.62 bits per heavy atom. The Morgan fingerprint density at radius 3 is 2.33 bits per heavy atom. The molecule has 0 atom stereocenters. The van der Waals surface area contributed by atoms with E-state index < -0.39 is 11.7 Å². The Balaban J connectivity index is 1.88. The molecule has 0 aromatic heterocycles. The van der Waals surface area contributed by atoms with E-state index in [1.54, 1.807) is 12.1 Å². The highest BCUT2D eigenvalue weighted by Crippen LogP contribution is 2.14. The number of unbranched alkanes of at least 4 members (excludes halogenated alkanes) is 5. The summed E-state index contributed by atoms with van der Waals surface area (Å²) in [6.45, 7) is 2.72. The van der Waals surface area contributed by atoms with E-state index >= 15 is 0 Å². The number of hydrogen-bond donors (Lipinski definition) is 0. The molecule has 4 heteroatoms. The van der Waals surface area contributed by atoms with Crippen LogP contribution >= 0.6 is 0 Å². The van der Waals surface area contributed by atoms with Crippen LogP contribution < -0.4 is 0 Å². The van der Waals surface area contributed by atoms with Gasteiger partial charge in [-0.15, -0.1) is 0 Å². The van der Waals surface area contributed by atoms with Crippen molar-refractivity contribution in [3.63, 3.8) is 0 Å². The number of hydrazone groups is 1. The van der Waals surface area contributed by atoms with E-state index in [0.29, 0.717) is 12.1 Å². The molecule has 0 N–H and O–H groups in total. The van der Waals surface area contributed by atoms with E-state index in [-0.39, 0.29) is 5.71 Å². The fourth-order valence-electron chi connectivity index (χ4n) is 2.41. The molecule has 1 amide bonds. The van der Waals surface area contributed by atoms with Gasteiger partial charge in [-0.1, -0.05) is 69.4 Å². The van der Waals surface area contributed by atoms with Crippen LogP contribution in [0.2, 0.25) is 0 Å². The Hall–Kier alpha value is -1.97. The molecule has 1 aliphatic rings. The first-order chi connectivity index (χ1) is 10.2. The van der Waals surface area contributed by atoms with E-state index in [4.69, 9.17) is 0 Å². The molecule has 112 valence electrons. The van der Waals surface area contributed by atoms with Crippen LogP contribution in [0.3, 0.4) is 0 Å². The molecule has 0 bridgehead atoms. The van der Waals surface area contributed by atoms with E-state index in [0.717, 1.165) is 12.8 Å². The minimum Gasteiger partial charge on any atom is -0.281 e. The number of benzene rings is 1. The first kappa shape index (κ1) is 15.4. The van der Waals surface area contributed by atoms with Gasteiger partial charge in [0.05, 0.1) is 0 Å². The topological polar surface area (TPSA) is 49.7 Å². The first-order valence-electron chi connectivity index (χ1n) is 7.74. The van der Waals surface area contributed by atoms with E-state index in [9.17, 15) is 9.59 Å².